The zero-order chi connectivity index (χ0) is 15.1. The number of aromatic nitrogens is 1. The number of nitrogens with zero attached hydrogens (tertiary/aromatic N) is 2. The van der Waals surface area contributed by atoms with Crippen molar-refractivity contribution in [3.63, 3.8) is 0 Å². The first-order chi connectivity index (χ1) is 9.19. The van der Waals surface area contributed by atoms with Crippen molar-refractivity contribution < 1.29 is 17.1 Å². The van der Waals surface area contributed by atoms with Gasteiger partial charge in [-0.3, -0.25) is 9.69 Å². The lowest BCUT2D eigenvalue weighted by Crippen LogP contribution is -2.26. The minimum Gasteiger partial charge on any atom is -0.296 e. The highest BCUT2D eigenvalue weighted by Gasteiger charge is 2.35. The third-order valence-electron chi connectivity index (χ3n) is 2.79. The van der Waals surface area contributed by atoms with Crippen LogP contribution in [-0.2, 0) is 15.0 Å². The number of pyridine rings is 1. The molecule has 1 unspecified atom stereocenters. The molecule has 5 nitrogen and oxygen atoms in total. The lowest BCUT2D eigenvalue weighted by molar-refractivity contribution is -0.117. The van der Waals surface area contributed by atoms with Crippen molar-refractivity contribution in [2.45, 2.75) is 6.42 Å². The molecular formula is C10H8Br2ClFN2O3S. The first-order valence-corrected chi connectivity index (χ1v) is 8.93. The standard InChI is InChI=1S/C10H8Br2ClFN2O3S/c11-6-2-15-10(8(12)9(6)13)16-3-5(1-7(16)17)4-20(14,18)19/h2,5H,1,3-4H2. The summed E-state index contributed by atoms with van der Waals surface area (Å²) in [6, 6.07) is 0. The van der Waals surface area contributed by atoms with Crippen LogP contribution >= 0.6 is 43.5 Å². The van der Waals surface area contributed by atoms with E-state index in [2.05, 4.69) is 36.8 Å². The molecule has 0 aromatic carbocycles. The Hall–Kier alpha value is -0.250. The van der Waals surface area contributed by atoms with Crippen LogP contribution in [0.3, 0.4) is 0 Å². The van der Waals surface area contributed by atoms with E-state index in [0.29, 0.717) is 19.8 Å². The molecule has 1 amide bonds. The van der Waals surface area contributed by atoms with Gasteiger partial charge in [-0.15, -0.1) is 3.89 Å². The summed E-state index contributed by atoms with van der Waals surface area (Å²) in [5.74, 6) is -1.28. The van der Waals surface area contributed by atoms with Crippen LogP contribution in [0.4, 0.5) is 9.70 Å². The molecule has 1 aromatic rings. The minimum absolute atomic E-state index is 0.0368. The van der Waals surface area contributed by atoms with Crippen molar-refractivity contribution in [2.75, 3.05) is 17.2 Å². The van der Waals surface area contributed by atoms with E-state index >= 15 is 0 Å². The van der Waals surface area contributed by atoms with Gasteiger partial charge >= 0.3 is 10.2 Å². The Balaban J connectivity index is 2.27. The number of carbonyl (C=O) groups is 1. The quantitative estimate of drug-likeness (QED) is 0.665. The first-order valence-electron chi connectivity index (χ1n) is 5.41. The predicted octanol–water partition coefficient (Wildman–Crippen LogP) is 2.91. The molecule has 1 atom stereocenters. The Morgan fingerprint density at radius 3 is 2.75 bits per heavy atom. The molecular weight excluding hydrogens is 442 g/mol. The van der Waals surface area contributed by atoms with Crippen LogP contribution in [0.5, 0.6) is 0 Å². The molecule has 0 N–H and O–H groups in total. The third-order valence-corrected chi connectivity index (χ3v) is 5.87. The normalized spacial score (nSPS) is 19.7. The Morgan fingerprint density at radius 1 is 1.50 bits per heavy atom. The fourth-order valence-electron chi connectivity index (χ4n) is 2.00. The fraction of sp³-hybridized carbons (Fsp3) is 0.400. The number of halogens is 4. The second-order valence-electron chi connectivity index (χ2n) is 4.34. The van der Waals surface area contributed by atoms with Crippen molar-refractivity contribution in [3.05, 3.63) is 20.2 Å². The number of amides is 1. The first kappa shape index (κ1) is 16.1. The van der Waals surface area contributed by atoms with Gasteiger partial charge in [-0.1, -0.05) is 11.6 Å². The Morgan fingerprint density at radius 2 is 2.15 bits per heavy atom. The highest BCUT2D eigenvalue weighted by Crippen LogP contribution is 2.38. The van der Waals surface area contributed by atoms with Crippen LogP contribution < -0.4 is 4.90 Å². The molecule has 0 aliphatic carbocycles. The molecule has 1 aliphatic rings. The van der Waals surface area contributed by atoms with Crippen LogP contribution in [0.15, 0.2) is 15.1 Å². The second-order valence-corrected chi connectivity index (χ2v) is 7.77. The SMILES string of the molecule is O=C1CC(CS(=O)(=O)F)CN1c1ncc(Br)c(Cl)c1Br. The Kier molecular flexibility index (Phi) is 4.73. The maximum absolute atomic E-state index is 12.7. The van der Waals surface area contributed by atoms with Gasteiger partial charge in [0.15, 0.2) is 5.82 Å². The van der Waals surface area contributed by atoms with Crippen LogP contribution in [0.2, 0.25) is 5.02 Å². The van der Waals surface area contributed by atoms with Crippen molar-refractivity contribution in [3.8, 4) is 0 Å². The minimum atomic E-state index is -4.61. The lowest BCUT2D eigenvalue weighted by Gasteiger charge is -2.17. The topological polar surface area (TPSA) is 67.3 Å². The van der Waals surface area contributed by atoms with Crippen molar-refractivity contribution in [1.82, 2.24) is 4.98 Å². The van der Waals surface area contributed by atoms with Gasteiger partial charge in [0.1, 0.15) is 0 Å². The largest absolute Gasteiger partial charge is 0.302 e. The molecule has 1 saturated heterocycles. The summed E-state index contributed by atoms with van der Waals surface area (Å²) in [7, 11) is -4.61. The molecule has 1 fully saturated rings. The van der Waals surface area contributed by atoms with E-state index in [-0.39, 0.29) is 18.9 Å². The summed E-state index contributed by atoms with van der Waals surface area (Å²) in [5, 5.41) is 0.351. The predicted molar refractivity (Wildman–Crippen MR) is 80.0 cm³/mol. The molecule has 0 bridgehead atoms. The van der Waals surface area contributed by atoms with E-state index < -0.39 is 21.9 Å². The Labute approximate surface area is 137 Å². The molecule has 1 aromatic heterocycles. The maximum Gasteiger partial charge on any atom is 0.302 e. The van der Waals surface area contributed by atoms with Crippen molar-refractivity contribution in [2.24, 2.45) is 5.92 Å². The molecule has 0 saturated carbocycles. The summed E-state index contributed by atoms with van der Waals surface area (Å²) in [6.45, 7) is 0.0888. The number of hydrogen-bond acceptors (Lipinski definition) is 4. The maximum atomic E-state index is 12.7. The number of carbonyl (C=O) groups excluding carboxylic acids is 1. The zero-order valence-corrected chi connectivity index (χ0v) is 14.6. The van der Waals surface area contributed by atoms with Gasteiger partial charge < -0.3 is 0 Å². The second kappa shape index (κ2) is 5.86. The third kappa shape index (κ3) is 3.49. The summed E-state index contributed by atoms with van der Waals surface area (Å²) in [6.07, 6.45) is 1.40. The van der Waals surface area contributed by atoms with E-state index in [1.54, 1.807) is 0 Å². The molecule has 10 heteroatoms. The van der Waals surface area contributed by atoms with E-state index in [1.807, 2.05) is 0 Å². The van der Waals surface area contributed by atoms with Crippen LogP contribution in [0.25, 0.3) is 0 Å². The molecule has 0 radical (unpaired) electrons. The number of hydrogen-bond donors (Lipinski definition) is 0. The van der Waals surface area contributed by atoms with E-state index in [0.717, 1.165) is 0 Å². The highest BCUT2D eigenvalue weighted by atomic mass is 79.9. The average molecular weight is 451 g/mol. The fourth-order valence-corrected chi connectivity index (χ4v) is 4.02. The van der Waals surface area contributed by atoms with Crippen LogP contribution in [0, 0.1) is 5.92 Å². The summed E-state index contributed by atoms with van der Waals surface area (Å²) >= 11 is 12.5. The van der Waals surface area contributed by atoms with Gasteiger partial charge in [0, 0.05) is 25.1 Å². The summed E-state index contributed by atoms with van der Waals surface area (Å²) in [5.41, 5.74) is 0. The van der Waals surface area contributed by atoms with E-state index in [9.17, 15) is 17.1 Å². The van der Waals surface area contributed by atoms with Crippen LogP contribution in [-0.4, -0.2) is 31.6 Å². The van der Waals surface area contributed by atoms with Crippen molar-refractivity contribution in [1.29, 1.82) is 0 Å². The smallest absolute Gasteiger partial charge is 0.296 e. The highest BCUT2D eigenvalue weighted by molar-refractivity contribution is 9.11. The monoisotopic (exact) mass is 448 g/mol. The van der Waals surface area contributed by atoms with Crippen molar-refractivity contribution >= 4 is 65.4 Å². The molecule has 110 valence electrons. The lowest BCUT2D eigenvalue weighted by atomic mass is 10.1. The summed E-state index contributed by atoms with van der Waals surface area (Å²) < 4.78 is 35.0. The van der Waals surface area contributed by atoms with Crippen LogP contribution in [0.1, 0.15) is 6.42 Å². The summed E-state index contributed by atoms with van der Waals surface area (Å²) in [4.78, 5) is 17.3. The zero-order valence-electron chi connectivity index (χ0n) is 9.82. The van der Waals surface area contributed by atoms with Gasteiger partial charge in [0.25, 0.3) is 0 Å². The molecule has 2 heterocycles. The molecule has 1 aliphatic heterocycles. The Bertz CT molecular complexity index is 671. The number of rotatable bonds is 3. The average Bonchev–Trinajstić information content (AvgIpc) is 2.65. The number of anilines is 1. The van der Waals surface area contributed by atoms with E-state index in [4.69, 9.17) is 11.6 Å². The van der Waals surface area contributed by atoms with Gasteiger partial charge in [0.2, 0.25) is 5.91 Å². The van der Waals surface area contributed by atoms with Gasteiger partial charge in [-0.05, 0) is 31.9 Å². The van der Waals surface area contributed by atoms with Gasteiger partial charge in [-0.25, -0.2) is 4.98 Å². The van der Waals surface area contributed by atoms with Gasteiger partial charge in [-0.2, -0.15) is 8.42 Å². The molecule has 2 rings (SSSR count). The van der Waals surface area contributed by atoms with E-state index in [1.165, 1.54) is 11.1 Å². The molecule has 0 spiro atoms. The molecule has 20 heavy (non-hydrogen) atoms. The van der Waals surface area contributed by atoms with Gasteiger partial charge in [0.05, 0.1) is 19.7 Å².